The summed E-state index contributed by atoms with van der Waals surface area (Å²) >= 11 is 0. The number of hydrogen-bond donors (Lipinski definition) is 3. The molecule has 2 aliphatic rings. The van der Waals surface area contributed by atoms with Gasteiger partial charge in [-0.3, -0.25) is 4.99 Å². The number of hydrogen-bond acceptors (Lipinski definition) is 3. The molecule has 1 aliphatic heterocycles. The zero-order valence-corrected chi connectivity index (χ0v) is 21.2. The normalized spacial score (nSPS) is 17.9. The van der Waals surface area contributed by atoms with Crippen molar-refractivity contribution in [3.63, 3.8) is 0 Å². The van der Waals surface area contributed by atoms with Crippen molar-refractivity contribution in [2.45, 2.75) is 51.5 Å². The molecular formula is C23H38IN5O2. The number of nitrogens with one attached hydrogen (secondary N) is 3. The number of ether oxygens (including phenoxy) is 1. The lowest BCUT2D eigenvalue weighted by Crippen LogP contribution is -2.43. The van der Waals surface area contributed by atoms with Crippen LogP contribution in [0.25, 0.3) is 0 Å². The number of carbonyl (C=O) groups excluding carboxylic acids is 1. The molecule has 0 spiro atoms. The van der Waals surface area contributed by atoms with E-state index in [9.17, 15) is 4.79 Å². The van der Waals surface area contributed by atoms with E-state index in [0.29, 0.717) is 12.0 Å². The molecule has 0 aromatic heterocycles. The van der Waals surface area contributed by atoms with Crippen molar-refractivity contribution in [3.8, 4) is 0 Å². The fraction of sp³-hybridized carbons (Fsp3) is 0.652. The fourth-order valence-electron chi connectivity index (χ4n) is 4.52. The molecule has 3 N–H and O–H groups in total. The van der Waals surface area contributed by atoms with Gasteiger partial charge in [-0.15, -0.1) is 24.0 Å². The number of amides is 2. The van der Waals surface area contributed by atoms with Gasteiger partial charge in [-0.1, -0.05) is 25.0 Å². The zero-order valence-electron chi connectivity index (χ0n) is 18.9. The molecule has 0 radical (unpaired) electrons. The van der Waals surface area contributed by atoms with Crippen LogP contribution in [0, 0.1) is 5.41 Å². The lowest BCUT2D eigenvalue weighted by Gasteiger charge is -2.30. The number of likely N-dealkylation sites (tertiary alicyclic amines) is 1. The Labute approximate surface area is 203 Å². The fourth-order valence-corrected chi connectivity index (χ4v) is 4.52. The average molecular weight is 543 g/mol. The number of rotatable bonds is 8. The van der Waals surface area contributed by atoms with Crippen molar-refractivity contribution in [1.82, 2.24) is 15.5 Å². The quantitative estimate of drug-likeness (QED) is 0.261. The first-order valence-electron chi connectivity index (χ1n) is 11.2. The highest BCUT2D eigenvalue weighted by molar-refractivity contribution is 14.0. The number of aliphatic imine (C=N–C) groups is 1. The van der Waals surface area contributed by atoms with Gasteiger partial charge < -0.3 is 25.6 Å². The molecule has 174 valence electrons. The lowest BCUT2D eigenvalue weighted by atomic mass is 9.83. The number of anilines is 1. The van der Waals surface area contributed by atoms with Crippen LogP contribution in [-0.2, 0) is 11.3 Å². The van der Waals surface area contributed by atoms with Gasteiger partial charge >= 0.3 is 6.03 Å². The third-order valence-corrected chi connectivity index (χ3v) is 6.39. The lowest BCUT2D eigenvalue weighted by molar-refractivity contribution is 0.138. The van der Waals surface area contributed by atoms with E-state index in [0.717, 1.165) is 62.7 Å². The second-order valence-corrected chi connectivity index (χ2v) is 8.55. The Balaban J connectivity index is 0.00000341. The number of nitrogens with zero attached hydrogens (tertiary/aromatic N) is 2. The van der Waals surface area contributed by atoms with Crippen LogP contribution in [0.15, 0.2) is 29.3 Å². The van der Waals surface area contributed by atoms with E-state index in [1.54, 1.807) is 14.2 Å². The Morgan fingerprint density at radius 2 is 1.90 bits per heavy atom. The number of methoxy groups -OCH3 is 1. The van der Waals surface area contributed by atoms with Gasteiger partial charge in [0.2, 0.25) is 0 Å². The molecule has 1 heterocycles. The molecule has 1 aromatic rings. The van der Waals surface area contributed by atoms with Gasteiger partial charge in [0, 0.05) is 52.6 Å². The highest BCUT2D eigenvalue weighted by atomic mass is 127. The molecule has 2 fully saturated rings. The minimum Gasteiger partial charge on any atom is -0.385 e. The first-order valence-corrected chi connectivity index (χ1v) is 11.2. The summed E-state index contributed by atoms with van der Waals surface area (Å²) in [6.45, 7) is 4.08. The summed E-state index contributed by atoms with van der Waals surface area (Å²) in [5.41, 5.74) is 2.25. The minimum absolute atomic E-state index is 0. The molecule has 3 rings (SSSR count). The van der Waals surface area contributed by atoms with Crippen molar-refractivity contribution in [2.24, 2.45) is 10.4 Å². The largest absolute Gasteiger partial charge is 0.385 e. The van der Waals surface area contributed by atoms with Crippen LogP contribution in [0.5, 0.6) is 0 Å². The summed E-state index contributed by atoms with van der Waals surface area (Å²) in [6, 6.07) is 7.98. The van der Waals surface area contributed by atoms with Crippen molar-refractivity contribution in [1.29, 1.82) is 0 Å². The topological polar surface area (TPSA) is 78.0 Å². The predicted octanol–water partition coefficient (Wildman–Crippen LogP) is 4.19. The van der Waals surface area contributed by atoms with Gasteiger partial charge in [0.25, 0.3) is 0 Å². The monoisotopic (exact) mass is 543 g/mol. The van der Waals surface area contributed by atoms with E-state index in [4.69, 9.17) is 4.74 Å². The predicted molar refractivity (Wildman–Crippen MR) is 137 cm³/mol. The molecule has 1 saturated heterocycles. The zero-order chi connectivity index (χ0) is 21.2. The molecule has 0 atom stereocenters. The maximum absolute atomic E-state index is 12.3. The molecule has 0 bridgehead atoms. The van der Waals surface area contributed by atoms with Crippen LogP contribution in [0.3, 0.4) is 0 Å². The maximum Gasteiger partial charge on any atom is 0.321 e. The number of carbonyl (C=O) groups is 1. The van der Waals surface area contributed by atoms with E-state index in [1.807, 2.05) is 23.1 Å². The van der Waals surface area contributed by atoms with Crippen LogP contribution in [0.1, 0.15) is 50.5 Å². The van der Waals surface area contributed by atoms with E-state index < -0.39 is 0 Å². The van der Waals surface area contributed by atoms with Gasteiger partial charge in [-0.05, 0) is 55.2 Å². The first-order chi connectivity index (χ1) is 14.6. The van der Waals surface area contributed by atoms with Gasteiger partial charge in [-0.2, -0.15) is 0 Å². The van der Waals surface area contributed by atoms with E-state index in [1.165, 1.54) is 25.7 Å². The summed E-state index contributed by atoms with van der Waals surface area (Å²) in [5, 5.41) is 9.94. The van der Waals surface area contributed by atoms with Crippen LogP contribution >= 0.6 is 24.0 Å². The molecule has 31 heavy (non-hydrogen) atoms. The number of guanidine groups is 1. The van der Waals surface area contributed by atoms with Crippen LogP contribution in [-0.4, -0.2) is 57.3 Å². The Bertz CT molecular complexity index is 716. The molecule has 8 heteroatoms. The highest BCUT2D eigenvalue weighted by Gasteiger charge is 2.33. The van der Waals surface area contributed by atoms with Crippen molar-refractivity contribution >= 4 is 41.7 Å². The second-order valence-electron chi connectivity index (χ2n) is 8.55. The Morgan fingerprint density at radius 1 is 1.16 bits per heavy atom. The molecule has 1 aromatic carbocycles. The number of benzene rings is 1. The van der Waals surface area contributed by atoms with Gasteiger partial charge in [-0.25, -0.2) is 4.79 Å². The van der Waals surface area contributed by atoms with E-state index >= 15 is 0 Å². The molecule has 7 nitrogen and oxygen atoms in total. The molecular weight excluding hydrogens is 505 g/mol. The molecule has 1 aliphatic carbocycles. The Kier molecular flexibility index (Phi) is 10.9. The Hall–Kier alpha value is -1.55. The second kappa shape index (κ2) is 13.1. The standard InChI is InChI=1S/C23H37N5O2.HI/c1-24-21(26-18-23(12-15-30-2)10-3-4-11-23)25-17-19-8-7-9-20(16-19)27-22(29)28-13-5-6-14-28;/h7-9,16H,3-6,10-15,17-18H2,1-2H3,(H,27,29)(H2,24,25,26);1H. The number of halogens is 1. The van der Waals surface area contributed by atoms with Crippen molar-refractivity contribution < 1.29 is 9.53 Å². The Morgan fingerprint density at radius 3 is 2.58 bits per heavy atom. The van der Waals surface area contributed by atoms with E-state index in [-0.39, 0.29) is 30.0 Å². The summed E-state index contributed by atoms with van der Waals surface area (Å²) < 4.78 is 5.33. The van der Waals surface area contributed by atoms with Crippen LogP contribution in [0.2, 0.25) is 0 Å². The van der Waals surface area contributed by atoms with Crippen molar-refractivity contribution in [3.05, 3.63) is 29.8 Å². The SMILES string of the molecule is CN=C(NCc1cccc(NC(=O)N2CCCC2)c1)NCC1(CCOC)CCCC1.I. The third-order valence-electron chi connectivity index (χ3n) is 6.39. The summed E-state index contributed by atoms with van der Waals surface area (Å²) in [4.78, 5) is 18.6. The minimum atomic E-state index is -0.00648. The van der Waals surface area contributed by atoms with Crippen LogP contribution < -0.4 is 16.0 Å². The van der Waals surface area contributed by atoms with Gasteiger partial charge in [0.05, 0.1) is 0 Å². The summed E-state index contributed by atoms with van der Waals surface area (Å²) in [6.07, 6.45) is 8.37. The summed E-state index contributed by atoms with van der Waals surface area (Å²) in [5.74, 6) is 0.810. The van der Waals surface area contributed by atoms with Gasteiger partial charge in [0.15, 0.2) is 5.96 Å². The van der Waals surface area contributed by atoms with E-state index in [2.05, 4.69) is 27.0 Å². The third kappa shape index (κ3) is 7.82. The maximum atomic E-state index is 12.3. The number of urea groups is 1. The van der Waals surface area contributed by atoms with Crippen molar-refractivity contribution in [2.75, 3.05) is 45.7 Å². The molecule has 0 unspecified atom stereocenters. The smallest absolute Gasteiger partial charge is 0.321 e. The van der Waals surface area contributed by atoms with Gasteiger partial charge in [0.1, 0.15) is 0 Å². The first kappa shape index (κ1) is 25.7. The molecule has 1 saturated carbocycles. The molecule has 2 amide bonds. The average Bonchev–Trinajstić information content (AvgIpc) is 3.46. The van der Waals surface area contributed by atoms with Crippen LogP contribution in [0.4, 0.5) is 10.5 Å². The highest BCUT2D eigenvalue weighted by Crippen LogP contribution is 2.40. The summed E-state index contributed by atoms with van der Waals surface area (Å²) in [7, 11) is 3.58.